The van der Waals surface area contributed by atoms with Crippen molar-refractivity contribution in [2.75, 3.05) is 13.2 Å². The molecule has 6 heteroatoms. The molecule has 3 N–H and O–H groups in total. The van der Waals surface area contributed by atoms with Crippen LogP contribution in [0.4, 0.5) is 0 Å². The molecule has 1 amide bonds. The van der Waals surface area contributed by atoms with Crippen molar-refractivity contribution in [2.24, 2.45) is 0 Å². The minimum atomic E-state index is -0.845. The van der Waals surface area contributed by atoms with Gasteiger partial charge in [0.1, 0.15) is 0 Å². The molecule has 0 fully saturated rings. The third kappa shape index (κ3) is 57.7. The highest BCUT2D eigenvalue weighted by Crippen LogP contribution is 2.18. The predicted octanol–water partition coefficient (Wildman–Crippen LogP) is 20.4. The Morgan fingerprint density at radius 2 is 0.648 bits per heavy atom. The maximum atomic E-state index is 12.5. The summed E-state index contributed by atoms with van der Waals surface area (Å²) in [5.74, 6) is -0.0519. The molecule has 6 nitrogen and oxygen atoms in total. The van der Waals surface area contributed by atoms with Gasteiger partial charge in [0.15, 0.2) is 0 Å². The van der Waals surface area contributed by atoms with Crippen LogP contribution in [0.2, 0.25) is 0 Å². The van der Waals surface area contributed by atoms with Crippen molar-refractivity contribution in [3.63, 3.8) is 0 Å². The Balaban J connectivity index is 3.41. The van der Waals surface area contributed by atoms with E-state index in [1.54, 1.807) is 6.08 Å². The molecule has 0 aromatic carbocycles. The van der Waals surface area contributed by atoms with Crippen LogP contribution in [0.15, 0.2) is 12.2 Å². The quantitative estimate of drug-likeness (QED) is 0.0320. The van der Waals surface area contributed by atoms with Crippen LogP contribution >= 0.6 is 0 Å². The zero-order chi connectivity index (χ0) is 51.4. The van der Waals surface area contributed by atoms with E-state index in [0.29, 0.717) is 19.4 Å². The lowest BCUT2D eigenvalue weighted by Crippen LogP contribution is -2.45. The van der Waals surface area contributed by atoms with E-state index in [4.69, 9.17) is 4.74 Å². The van der Waals surface area contributed by atoms with Crippen molar-refractivity contribution in [2.45, 2.75) is 379 Å². The van der Waals surface area contributed by atoms with Gasteiger partial charge in [0.2, 0.25) is 5.91 Å². The number of rotatable bonds is 61. The van der Waals surface area contributed by atoms with Crippen LogP contribution < -0.4 is 5.32 Å². The van der Waals surface area contributed by atoms with Crippen molar-refractivity contribution < 1.29 is 24.5 Å². The van der Waals surface area contributed by atoms with E-state index in [-0.39, 0.29) is 18.5 Å². The van der Waals surface area contributed by atoms with Gasteiger partial charge in [0, 0.05) is 12.8 Å². The molecule has 0 radical (unpaired) electrons. The SMILES string of the molecule is CCCCCCCCCCCCCCCCCCCCC/C=C/C(O)C(CO)NC(=O)CCCCCCCCCCCCCCCCCCCCCCCOC(=O)CCCCCCCCCCCCCC. The highest BCUT2D eigenvalue weighted by molar-refractivity contribution is 5.76. The number of hydrogen-bond donors (Lipinski definition) is 3. The molecule has 0 rings (SSSR count). The van der Waals surface area contributed by atoms with Gasteiger partial charge in [-0.15, -0.1) is 0 Å². The van der Waals surface area contributed by atoms with E-state index in [1.807, 2.05) is 6.08 Å². The van der Waals surface area contributed by atoms with Crippen molar-refractivity contribution in [3.8, 4) is 0 Å². The lowest BCUT2D eigenvalue weighted by molar-refractivity contribution is -0.143. The van der Waals surface area contributed by atoms with E-state index >= 15 is 0 Å². The third-order valence-electron chi connectivity index (χ3n) is 15.3. The van der Waals surface area contributed by atoms with Crippen LogP contribution in [0, 0.1) is 0 Å². The average Bonchev–Trinajstić information content (AvgIpc) is 3.37. The number of aliphatic hydroxyl groups is 2. The van der Waals surface area contributed by atoms with Crippen molar-refractivity contribution >= 4 is 11.9 Å². The van der Waals surface area contributed by atoms with Crippen LogP contribution in [0.5, 0.6) is 0 Å². The summed E-state index contributed by atoms with van der Waals surface area (Å²) < 4.78 is 5.48. The molecule has 2 atom stereocenters. The summed E-state index contributed by atoms with van der Waals surface area (Å²) in [4.78, 5) is 24.5. The maximum absolute atomic E-state index is 12.5. The second kappa shape index (κ2) is 61.1. The zero-order valence-electron chi connectivity index (χ0n) is 48.2. The lowest BCUT2D eigenvalue weighted by Gasteiger charge is -2.20. The number of esters is 1. The largest absolute Gasteiger partial charge is 0.466 e. The summed E-state index contributed by atoms with van der Waals surface area (Å²) in [6.07, 6.45) is 74.0. The number of hydrogen-bond acceptors (Lipinski definition) is 5. The Hall–Kier alpha value is -1.40. The van der Waals surface area contributed by atoms with Crippen molar-refractivity contribution in [1.82, 2.24) is 5.32 Å². The molecular weight excluding hydrogens is 875 g/mol. The molecule has 0 aromatic heterocycles. The summed E-state index contributed by atoms with van der Waals surface area (Å²) in [7, 11) is 0. The smallest absolute Gasteiger partial charge is 0.305 e. The number of amides is 1. The first-order chi connectivity index (χ1) is 35.0. The first kappa shape index (κ1) is 69.6. The minimum Gasteiger partial charge on any atom is -0.466 e. The van der Waals surface area contributed by atoms with Gasteiger partial charge >= 0.3 is 5.97 Å². The van der Waals surface area contributed by atoms with E-state index < -0.39 is 12.1 Å². The Labute approximate surface area is 444 Å². The summed E-state index contributed by atoms with van der Waals surface area (Å²) in [6, 6.07) is -0.628. The van der Waals surface area contributed by atoms with Crippen LogP contribution in [0.3, 0.4) is 0 Å². The van der Waals surface area contributed by atoms with Gasteiger partial charge in [-0.1, -0.05) is 334 Å². The van der Waals surface area contributed by atoms with E-state index in [0.717, 1.165) is 38.5 Å². The molecule has 0 aliphatic rings. The number of allylic oxidation sites excluding steroid dienone is 1. The van der Waals surface area contributed by atoms with E-state index in [1.165, 1.54) is 302 Å². The Morgan fingerprint density at radius 1 is 0.380 bits per heavy atom. The fourth-order valence-corrected chi connectivity index (χ4v) is 10.3. The molecule has 0 saturated heterocycles. The molecule has 0 aromatic rings. The van der Waals surface area contributed by atoms with Gasteiger partial charge in [-0.25, -0.2) is 0 Å². The predicted molar refractivity (Wildman–Crippen MR) is 310 cm³/mol. The summed E-state index contributed by atoms with van der Waals surface area (Å²) in [5.41, 5.74) is 0. The second-order valence-electron chi connectivity index (χ2n) is 22.5. The number of ether oxygens (including phenoxy) is 1. The first-order valence-corrected chi connectivity index (χ1v) is 32.5. The number of carbonyl (C=O) groups is 2. The highest BCUT2D eigenvalue weighted by Gasteiger charge is 2.18. The maximum Gasteiger partial charge on any atom is 0.305 e. The van der Waals surface area contributed by atoms with Gasteiger partial charge in [-0.05, 0) is 32.1 Å². The van der Waals surface area contributed by atoms with Crippen LogP contribution in [0.25, 0.3) is 0 Å². The molecule has 0 saturated carbocycles. The van der Waals surface area contributed by atoms with Crippen molar-refractivity contribution in [1.29, 1.82) is 0 Å². The van der Waals surface area contributed by atoms with Gasteiger partial charge < -0.3 is 20.3 Å². The molecule has 71 heavy (non-hydrogen) atoms. The zero-order valence-corrected chi connectivity index (χ0v) is 48.2. The third-order valence-corrected chi connectivity index (χ3v) is 15.3. The molecule has 0 bridgehead atoms. The average molecular weight is 1000 g/mol. The Morgan fingerprint density at radius 3 is 0.958 bits per heavy atom. The molecule has 0 heterocycles. The summed E-state index contributed by atoms with van der Waals surface area (Å²) in [6.45, 7) is 4.93. The monoisotopic (exact) mass is 1000 g/mol. The summed E-state index contributed by atoms with van der Waals surface area (Å²) >= 11 is 0. The van der Waals surface area contributed by atoms with Crippen LogP contribution in [0.1, 0.15) is 367 Å². The topological polar surface area (TPSA) is 95.9 Å². The van der Waals surface area contributed by atoms with Gasteiger partial charge in [-0.3, -0.25) is 9.59 Å². The van der Waals surface area contributed by atoms with E-state index in [2.05, 4.69) is 19.2 Å². The Kier molecular flexibility index (Phi) is 59.9. The highest BCUT2D eigenvalue weighted by atomic mass is 16.5. The van der Waals surface area contributed by atoms with Gasteiger partial charge in [0.05, 0.1) is 25.4 Å². The Bertz CT molecular complexity index is 1060. The standard InChI is InChI=1S/C65H127NO5/c1-3-5-7-9-11-13-15-17-18-19-20-22-25-28-31-34-37-41-45-49-53-57-63(68)62(61-67)66-64(69)58-54-50-46-42-38-35-32-29-26-23-21-24-27-30-33-36-40-44-48-52-56-60-71-65(70)59-55-51-47-43-39-16-14-12-10-8-6-4-2/h53,57,62-63,67-68H,3-52,54-56,58-61H2,1-2H3,(H,66,69)/b57-53+. The van der Waals surface area contributed by atoms with Crippen LogP contribution in [-0.2, 0) is 14.3 Å². The van der Waals surface area contributed by atoms with Gasteiger partial charge in [-0.2, -0.15) is 0 Å². The molecule has 0 aliphatic carbocycles. The fourth-order valence-electron chi connectivity index (χ4n) is 10.3. The van der Waals surface area contributed by atoms with Crippen molar-refractivity contribution in [3.05, 3.63) is 12.2 Å². The minimum absolute atomic E-state index is 0.0129. The lowest BCUT2D eigenvalue weighted by atomic mass is 10.0. The molecule has 0 aliphatic heterocycles. The molecular formula is C65H127NO5. The number of aliphatic hydroxyl groups excluding tert-OH is 2. The molecule has 2 unspecified atom stereocenters. The van der Waals surface area contributed by atoms with Crippen LogP contribution in [-0.4, -0.2) is 47.4 Å². The molecule has 0 spiro atoms. The summed E-state index contributed by atoms with van der Waals surface area (Å²) in [5, 5.41) is 23.2. The number of nitrogens with one attached hydrogen (secondary N) is 1. The normalized spacial score (nSPS) is 12.6. The number of carbonyl (C=O) groups excluding carboxylic acids is 2. The first-order valence-electron chi connectivity index (χ1n) is 32.5. The van der Waals surface area contributed by atoms with Gasteiger partial charge in [0.25, 0.3) is 0 Å². The molecule has 422 valence electrons. The fraction of sp³-hybridized carbons (Fsp3) is 0.938. The van der Waals surface area contributed by atoms with E-state index in [9.17, 15) is 19.8 Å². The second-order valence-corrected chi connectivity index (χ2v) is 22.5. The number of unbranched alkanes of at least 4 members (excludes halogenated alkanes) is 50.